The van der Waals surface area contributed by atoms with Crippen LogP contribution in [0.25, 0.3) is 25.1 Å². The van der Waals surface area contributed by atoms with Gasteiger partial charge in [-0.15, -0.1) is 0 Å². The van der Waals surface area contributed by atoms with E-state index in [4.69, 9.17) is 9.15 Å². The summed E-state index contributed by atoms with van der Waals surface area (Å²) in [5, 5.41) is 2.72. The predicted octanol–water partition coefficient (Wildman–Crippen LogP) is 8.72. The Morgan fingerprint density at radius 3 is 1.90 bits per heavy atom. The van der Waals surface area contributed by atoms with Crippen LogP contribution in [-0.2, 0) is 6.61 Å². The van der Waals surface area contributed by atoms with Crippen LogP contribution < -0.4 is 4.74 Å². The summed E-state index contributed by atoms with van der Waals surface area (Å²) in [4.78, 5) is 1.31. The first-order chi connectivity index (χ1) is 14.1. The second-order valence-electron chi connectivity index (χ2n) is 6.55. The Kier molecular flexibility index (Phi) is 5.78. The minimum Gasteiger partial charge on any atom is -0.486 e. The van der Waals surface area contributed by atoms with E-state index in [0.29, 0.717) is 6.61 Å². The fourth-order valence-electron chi connectivity index (χ4n) is 3.41. The molecule has 0 amide bonds. The zero-order valence-electron chi connectivity index (χ0n) is 15.0. The molecule has 0 radical (unpaired) electrons. The Labute approximate surface area is 212 Å². The Morgan fingerprint density at radius 2 is 1.34 bits per heavy atom. The van der Waals surface area contributed by atoms with Crippen LogP contribution in [0.5, 0.6) is 5.75 Å². The van der Waals surface area contributed by atoms with Crippen LogP contribution in [0.1, 0.15) is 5.76 Å². The van der Waals surface area contributed by atoms with Gasteiger partial charge in [0.1, 0.15) is 18.1 Å². The zero-order valence-corrected chi connectivity index (χ0v) is 22.3. The number of ether oxygens (including phenoxy) is 1. The van der Waals surface area contributed by atoms with E-state index in [1.807, 2.05) is 12.1 Å². The molecule has 0 aliphatic rings. The average Bonchev–Trinajstić information content (AvgIpc) is 3.27. The molecule has 0 aliphatic heterocycles. The third-order valence-electron chi connectivity index (χ3n) is 4.68. The van der Waals surface area contributed by atoms with Crippen LogP contribution >= 0.6 is 78.2 Å². The Bertz CT molecular complexity index is 1280. The molecule has 0 spiro atoms. The second-order valence-corrected chi connectivity index (χ2v) is 12.1. The number of hydrogen-bond donors (Lipinski definition) is 0. The summed E-state index contributed by atoms with van der Waals surface area (Å²) in [6.45, 7) is 0.441. The van der Waals surface area contributed by atoms with Gasteiger partial charge in [-0.25, -0.2) is 0 Å². The van der Waals surface area contributed by atoms with Gasteiger partial charge < -0.3 is 9.15 Å². The molecule has 0 saturated heterocycles. The zero-order chi connectivity index (χ0) is 20.0. The number of halogens is 3. The summed E-state index contributed by atoms with van der Waals surface area (Å²) < 4.78 is 17.7. The summed E-state index contributed by atoms with van der Waals surface area (Å²) in [6.07, 6.45) is 0. The molecule has 2 heterocycles. The van der Waals surface area contributed by atoms with Crippen molar-refractivity contribution in [3.05, 3.63) is 89.5 Å². The fourth-order valence-corrected chi connectivity index (χ4v) is 7.19. The van der Waals surface area contributed by atoms with Gasteiger partial charge in [-0.3, -0.25) is 0 Å². The number of hydrogen-bond acceptors (Lipinski definition) is 2. The molecule has 5 aromatic rings. The van der Waals surface area contributed by atoms with Crippen molar-refractivity contribution in [1.29, 1.82) is 0 Å². The molecule has 6 heteroatoms. The predicted molar refractivity (Wildman–Crippen MR) is 146 cm³/mol. The molecule has 0 bridgehead atoms. The van der Waals surface area contributed by atoms with Crippen LogP contribution in [0.4, 0.5) is 0 Å². The number of fused-ring (bicyclic) bond motifs is 3. The normalized spacial score (nSPS) is 11.4. The van der Waals surface area contributed by atoms with Crippen LogP contribution in [0.3, 0.4) is 0 Å². The summed E-state index contributed by atoms with van der Waals surface area (Å²) in [5.74, 6) is 1.69. The molecule has 0 N–H and O–H groups in total. The molecule has 0 unspecified atom stereocenters. The van der Waals surface area contributed by atoms with Crippen molar-refractivity contribution in [1.82, 2.24) is 0 Å². The molecule has 2 aromatic heterocycles. The molecular weight excluding hydrogens is 721 g/mol. The number of rotatable bonds is 4. The van der Waals surface area contributed by atoms with E-state index in [9.17, 15) is 0 Å². The Morgan fingerprint density at radius 1 is 0.724 bits per heavy atom. The van der Waals surface area contributed by atoms with E-state index >= 15 is 0 Å². The van der Waals surface area contributed by atoms with E-state index in [0.717, 1.165) is 15.3 Å². The monoisotopic (exact) mass is 735 g/mol. The maximum absolute atomic E-state index is 5.90. The summed E-state index contributed by atoms with van der Waals surface area (Å²) in [6, 6.07) is 26.0. The van der Waals surface area contributed by atoms with E-state index < -0.39 is 0 Å². The number of thiophene rings is 1. The van der Waals surface area contributed by atoms with Crippen LogP contribution in [0.2, 0.25) is 0 Å². The first kappa shape index (κ1) is 20.1. The van der Waals surface area contributed by atoms with Crippen molar-refractivity contribution < 1.29 is 9.15 Å². The second kappa shape index (κ2) is 8.35. The summed E-state index contributed by atoms with van der Waals surface area (Å²) in [7, 11) is -0.0837. The van der Waals surface area contributed by atoms with E-state index in [2.05, 4.69) is 128 Å². The smallest absolute Gasteiger partial charge is 0.187 e. The van der Waals surface area contributed by atoms with E-state index in [1.165, 1.54) is 32.2 Å². The standard InChI is InChI=1S/C23H14I3O2S/c24-14-1-8-21-19(11-14)20-12-15(25)2-9-22(20)29(21)18-6-3-16(4-7-18)27-13-17-5-10-23(26)28-17/h1-12H,13H2/q+1. The third kappa shape index (κ3) is 4.05. The van der Waals surface area contributed by atoms with Crippen molar-refractivity contribution in [3.8, 4) is 10.6 Å². The van der Waals surface area contributed by atoms with Crippen LogP contribution in [0.15, 0.2) is 77.2 Å². The molecule has 2 nitrogen and oxygen atoms in total. The maximum Gasteiger partial charge on any atom is 0.187 e. The lowest BCUT2D eigenvalue weighted by Gasteiger charge is -2.03. The quantitative estimate of drug-likeness (QED) is 0.136. The minimum absolute atomic E-state index is 0.0837. The van der Waals surface area contributed by atoms with Gasteiger partial charge in [-0.2, -0.15) is 0 Å². The van der Waals surface area contributed by atoms with Crippen LogP contribution in [0, 0.1) is 10.9 Å². The highest BCUT2D eigenvalue weighted by molar-refractivity contribution is 14.1. The van der Waals surface area contributed by atoms with E-state index in [1.54, 1.807) is 0 Å². The topological polar surface area (TPSA) is 22.4 Å². The first-order valence-electron chi connectivity index (χ1n) is 8.89. The van der Waals surface area contributed by atoms with Gasteiger partial charge >= 0.3 is 0 Å². The third-order valence-corrected chi connectivity index (χ3v) is 8.94. The van der Waals surface area contributed by atoms with Gasteiger partial charge in [0.25, 0.3) is 0 Å². The lowest BCUT2D eigenvalue weighted by Crippen LogP contribution is -1.93. The lowest BCUT2D eigenvalue weighted by molar-refractivity contribution is 0.267. The van der Waals surface area contributed by atoms with E-state index in [-0.39, 0.29) is 10.5 Å². The van der Waals surface area contributed by atoms with Gasteiger partial charge in [-0.05, 0) is 128 Å². The molecule has 29 heavy (non-hydrogen) atoms. The molecule has 0 saturated carbocycles. The molecule has 0 aliphatic carbocycles. The number of furan rings is 1. The molecule has 5 rings (SSSR count). The fraction of sp³-hybridized carbons (Fsp3) is 0.0435. The molecule has 0 fully saturated rings. The summed E-state index contributed by atoms with van der Waals surface area (Å²) >= 11 is 6.96. The SMILES string of the molecule is Ic1ccc2c(c1)c1cc(I)ccc1[s+]2-c1ccc(OCc2ccc(I)o2)cc1. The van der Waals surface area contributed by atoms with Gasteiger partial charge in [0.05, 0.1) is 0 Å². The van der Waals surface area contributed by atoms with Crippen molar-refractivity contribution >= 4 is 98.4 Å². The van der Waals surface area contributed by atoms with Gasteiger partial charge in [0, 0.05) is 40.5 Å². The molecule has 0 atom stereocenters. The van der Waals surface area contributed by atoms with Crippen molar-refractivity contribution in [2.75, 3.05) is 0 Å². The maximum atomic E-state index is 5.90. The highest BCUT2D eigenvalue weighted by Gasteiger charge is 2.24. The van der Waals surface area contributed by atoms with Crippen molar-refractivity contribution in [3.63, 3.8) is 0 Å². The Hall–Kier alpha value is -0.850. The molecule has 3 aromatic carbocycles. The van der Waals surface area contributed by atoms with Gasteiger partial charge in [-0.1, -0.05) is 0 Å². The molecule has 144 valence electrons. The Balaban J connectivity index is 1.54. The summed E-state index contributed by atoms with van der Waals surface area (Å²) in [5.41, 5.74) is 0. The van der Waals surface area contributed by atoms with Crippen molar-refractivity contribution in [2.45, 2.75) is 6.61 Å². The van der Waals surface area contributed by atoms with Crippen LogP contribution in [-0.4, -0.2) is 0 Å². The molecular formula is C23H14I3O2S+. The van der Waals surface area contributed by atoms with Gasteiger partial charge in [0.15, 0.2) is 18.1 Å². The average molecular weight is 735 g/mol. The lowest BCUT2D eigenvalue weighted by atomic mass is 10.2. The highest BCUT2D eigenvalue weighted by atomic mass is 127. The largest absolute Gasteiger partial charge is 0.486 e. The highest BCUT2D eigenvalue weighted by Crippen LogP contribution is 2.49. The first-order valence-corrected chi connectivity index (χ1v) is 13.4. The minimum atomic E-state index is -0.0837. The van der Waals surface area contributed by atoms with Gasteiger partial charge in [0.2, 0.25) is 0 Å². The van der Waals surface area contributed by atoms with Crippen molar-refractivity contribution in [2.24, 2.45) is 0 Å². The number of benzene rings is 3.